The van der Waals surface area contributed by atoms with Gasteiger partial charge in [-0.15, -0.1) is 0 Å². The number of nitrogens with zero attached hydrogens (tertiary/aromatic N) is 2. The van der Waals surface area contributed by atoms with Crippen LogP contribution in [0.4, 0.5) is 0 Å². The molecule has 0 N–H and O–H groups in total. The molecule has 5 rings (SSSR count). The van der Waals surface area contributed by atoms with Crippen molar-refractivity contribution in [3.63, 3.8) is 0 Å². The molecule has 7 heteroatoms. The van der Waals surface area contributed by atoms with Crippen LogP contribution < -0.4 is 0 Å². The van der Waals surface area contributed by atoms with Gasteiger partial charge in [0.2, 0.25) is 5.41 Å². The van der Waals surface area contributed by atoms with E-state index >= 15 is 0 Å². The van der Waals surface area contributed by atoms with Gasteiger partial charge in [0.15, 0.2) is 5.78 Å². The molecule has 0 bridgehead atoms. The molecule has 2 aromatic carbocycles. The van der Waals surface area contributed by atoms with Crippen LogP contribution in [-0.2, 0) is 23.9 Å². The van der Waals surface area contributed by atoms with E-state index in [0.717, 1.165) is 11.1 Å². The first kappa shape index (κ1) is 19.5. The van der Waals surface area contributed by atoms with Crippen LogP contribution in [0, 0.1) is 5.41 Å². The third-order valence-corrected chi connectivity index (χ3v) is 6.34. The number of rotatable bonds is 2. The average molecular weight is 418 g/mol. The maximum Gasteiger partial charge on any atom is 0.330 e. The highest BCUT2D eigenvalue weighted by molar-refractivity contribution is 6.07. The second kappa shape index (κ2) is 6.51. The number of hydrogen-bond donors (Lipinski definition) is 0. The van der Waals surface area contributed by atoms with E-state index in [1.165, 1.54) is 20.8 Å². The fraction of sp³-hybridized carbons (Fsp3) is 0.333. The molecule has 0 aliphatic carbocycles. The molecule has 31 heavy (non-hydrogen) atoms. The molecule has 2 saturated heterocycles. The van der Waals surface area contributed by atoms with Crippen LogP contribution in [0.3, 0.4) is 0 Å². The molecule has 7 nitrogen and oxygen atoms in total. The first-order chi connectivity index (χ1) is 14.8. The third kappa shape index (κ3) is 2.59. The zero-order valence-electron chi connectivity index (χ0n) is 17.4. The van der Waals surface area contributed by atoms with Crippen molar-refractivity contribution in [2.45, 2.75) is 44.6 Å². The van der Waals surface area contributed by atoms with Crippen molar-refractivity contribution in [1.82, 2.24) is 5.01 Å². The molecule has 0 amide bonds. The van der Waals surface area contributed by atoms with Crippen LogP contribution in [0.1, 0.15) is 49.4 Å². The Morgan fingerprint density at radius 3 is 2.23 bits per heavy atom. The molecule has 3 atom stereocenters. The predicted octanol–water partition coefficient (Wildman–Crippen LogP) is 2.95. The Balaban J connectivity index is 1.83. The number of fused-ring (bicyclic) bond motifs is 4. The van der Waals surface area contributed by atoms with Gasteiger partial charge < -0.3 is 9.47 Å². The Bertz CT molecular complexity index is 1100. The Morgan fingerprint density at radius 1 is 0.968 bits per heavy atom. The van der Waals surface area contributed by atoms with Gasteiger partial charge in [-0.05, 0) is 23.6 Å². The SMILES string of the molecule is CC(=O)[C@H]1[C@H](c2ccccc2)C2(C(=O)OC(C)(C)OC2=O)[C@H]2c3ccccc3C=NN12. The monoisotopic (exact) mass is 418 g/mol. The summed E-state index contributed by atoms with van der Waals surface area (Å²) in [6.07, 6.45) is 1.66. The molecule has 0 saturated carbocycles. The summed E-state index contributed by atoms with van der Waals surface area (Å²) in [6.45, 7) is 4.50. The van der Waals surface area contributed by atoms with Gasteiger partial charge in [0, 0.05) is 19.8 Å². The molecule has 3 aliphatic heterocycles. The summed E-state index contributed by atoms with van der Waals surface area (Å²) in [5, 5.41) is 6.12. The number of hydrazone groups is 1. The van der Waals surface area contributed by atoms with Crippen molar-refractivity contribution in [2.24, 2.45) is 10.5 Å². The number of ether oxygens (including phenoxy) is 2. The van der Waals surface area contributed by atoms with E-state index < -0.39 is 41.1 Å². The van der Waals surface area contributed by atoms with Crippen LogP contribution in [0.2, 0.25) is 0 Å². The van der Waals surface area contributed by atoms with Crippen molar-refractivity contribution in [2.75, 3.05) is 0 Å². The number of Topliss-reactive ketones (excluding diaryl/α,β-unsaturated/α-hetero) is 1. The standard InChI is InChI=1S/C24H22N2O5/c1-14(27)19-18(15-9-5-4-6-10-15)24(21(28)30-23(2,3)31-22(24)29)20-17-12-8-7-11-16(17)13-25-26(19)20/h4-13,18-20H,1-3H3/t18-,19-,20+/m0/s1. The Labute approximate surface area is 179 Å². The first-order valence-electron chi connectivity index (χ1n) is 10.2. The van der Waals surface area contributed by atoms with Gasteiger partial charge in [-0.3, -0.25) is 19.4 Å². The van der Waals surface area contributed by atoms with Gasteiger partial charge in [-0.2, -0.15) is 5.10 Å². The van der Waals surface area contributed by atoms with Crippen molar-refractivity contribution < 1.29 is 23.9 Å². The number of esters is 2. The normalized spacial score (nSPS) is 27.3. The predicted molar refractivity (Wildman–Crippen MR) is 111 cm³/mol. The number of ketones is 1. The molecule has 0 radical (unpaired) electrons. The molecule has 1 spiro atoms. The van der Waals surface area contributed by atoms with Crippen molar-refractivity contribution in [3.05, 3.63) is 71.3 Å². The topological polar surface area (TPSA) is 85.3 Å². The molecular formula is C24H22N2O5. The highest BCUT2D eigenvalue weighted by atomic mass is 16.7. The zero-order chi connectivity index (χ0) is 22.0. The van der Waals surface area contributed by atoms with E-state index in [1.54, 1.807) is 11.2 Å². The number of cyclic esters (lactones) is 2. The lowest BCUT2D eigenvalue weighted by Crippen LogP contribution is -2.58. The van der Waals surface area contributed by atoms with Gasteiger partial charge in [0.1, 0.15) is 12.1 Å². The first-order valence-corrected chi connectivity index (χ1v) is 10.2. The van der Waals surface area contributed by atoms with Crippen LogP contribution in [0.25, 0.3) is 0 Å². The van der Waals surface area contributed by atoms with Crippen LogP contribution >= 0.6 is 0 Å². The van der Waals surface area contributed by atoms with Crippen LogP contribution in [0.5, 0.6) is 0 Å². The quantitative estimate of drug-likeness (QED) is 0.551. The Kier molecular flexibility index (Phi) is 4.09. The minimum Gasteiger partial charge on any atom is -0.422 e. The number of benzene rings is 2. The maximum absolute atomic E-state index is 13.7. The Morgan fingerprint density at radius 2 is 1.58 bits per heavy atom. The van der Waals surface area contributed by atoms with E-state index in [9.17, 15) is 14.4 Å². The van der Waals surface area contributed by atoms with E-state index in [2.05, 4.69) is 5.10 Å². The summed E-state index contributed by atoms with van der Waals surface area (Å²) in [7, 11) is 0. The second-order valence-electron chi connectivity index (χ2n) is 8.65. The lowest BCUT2D eigenvalue weighted by atomic mass is 9.65. The van der Waals surface area contributed by atoms with E-state index in [-0.39, 0.29) is 5.78 Å². The van der Waals surface area contributed by atoms with Gasteiger partial charge in [0.05, 0.1) is 6.21 Å². The highest BCUT2D eigenvalue weighted by Crippen LogP contribution is 2.62. The maximum atomic E-state index is 13.7. The Hall–Kier alpha value is -3.48. The third-order valence-electron chi connectivity index (χ3n) is 6.34. The molecular weight excluding hydrogens is 396 g/mol. The fourth-order valence-electron chi connectivity index (χ4n) is 5.20. The van der Waals surface area contributed by atoms with Crippen molar-refractivity contribution in [1.29, 1.82) is 0 Å². The highest BCUT2D eigenvalue weighted by Gasteiger charge is 2.74. The lowest BCUT2D eigenvalue weighted by Gasteiger charge is -2.44. The summed E-state index contributed by atoms with van der Waals surface area (Å²) < 4.78 is 11.3. The van der Waals surface area contributed by atoms with E-state index in [1.807, 2.05) is 54.6 Å². The van der Waals surface area contributed by atoms with Crippen LogP contribution in [-0.4, -0.2) is 40.8 Å². The molecule has 0 unspecified atom stereocenters. The average Bonchev–Trinajstić information content (AvgIpc) is 3.05. The van der Waals surface area contributed by atoms with Gasteiger partial charge >= 0.3 is 11.9 Å². The molecule has 3 aliphatic rings. The molecule has 2 fully saturated rings. The summed E-state index contributed by atoms with van der Waals surface area (Å²) in [5.74, 6) is -3.81. The van der Waals surface area contributed by atoms with E-state index in [4.69, 9.17) is 9.47 Å². The lowest BCUT2D eigenvalue weighted by molar-refractivity contribution is -0.254. The summed E-state index contributed by atoms with van der Waals surface area (Å²) in [5.41, 5.74) is 0.417. The van der Waals surface area contributed by atoms with Gasteiger partial charge in [0.25, 0.3) is 5.79 Å². The summed E-state index contributed by atoms with van der Waals surface area (Å²) in [4.78, 5) is 40.4. The number of carbonyl (C=O) groups is 3. The molecule has 3 heterocycles. The zero-order valence-corrected chi connectivity index (χ0v) is 17.4. The largest absolute Gasteiger partial charge is 0.422 e. The van der Waals surface area contributed by atoms with E-state index in [0.29, 0.717) is 5.56 Å². The molecule has 158 valence electrons. The van der Waals surface area contributed by atoms with Gasteiger partial charge in [-0.25, -0.2) is 0 Å². The molecule has 0 aromatic heterocycles. The fourth-order valence-corrected chi connectivity index (χ4v) is 5.20. The second-order valence-corrected chi connectivity index (χ2v) is 8.65. The summed E-state index contributed by atoms with van der Waals surface area (Å²) >= 11 is 0. The molecule has 2 aromatic rings. The van der Waals surface area contributed by atoms with Gasteiger partial charge in [-0.1, -0.05) is 54.6 Å². The summed E-state index contributed by atoms with van der Waals surface area (Å²) in [6, 6.07) is 14.9. The van der Waals surface area contributed by atoms with Crippen LogP contribution in [0.15, 0.2) is 59.7 Å². The van der Waals surface area contributed by atoms with Crippen molar-refractivity contribution in [3.8, 4) is 0 Å². The minimum atomic E-state index is -1.78. The number of carbonyl (C=O) groups excluding carboxylic acids is 3. The minimum absolute atomic E-state index is 0.197. The number of hydrogen-bond acceptors (Lipinski definition) is 7. The smallest absolute Gasteiger partial charge is 0.330 e. The van der Waals surface area contributed by atoms with Crippen molar-refractivity contribution >= 4 is 23.9 Å².